The lowest BCUT2D eigenvalue weighted by Gasteiger charge is -2.40. The lowest BCUT2D eigenvalue weighted by molar-refractivity contribution is -0.138. The predicted octanol–water partition coefficient (Wildman–Crippen LogP) is 0.169. The topological polar surface area (TPSA) is 67.4 Å². The number of nitrogens with one attached hydrogen (secondary N) is 2. The first-order chi connectivity index (χ1) is 9.13. The van der Waals surface area contributed by atoms with Crippen LogP contribution in [0.25, 0.3) is 0 Å². The molecule has 1 heterocycles. The zero-order valence-corrected chi connectivity index (χ0v) is 10.8. The van der Waals surface area contributed by atoms with Gasteiger partial charge < -0.3 is 4.74 Å². The highest BCUT2D eigenvalue weighted by Crippen LogP contribution is 2.32. The standard InChI is InChI=1S/C14H16N2O3/c1-19-11-3-2-9-4-5-14(7-10(9)6-11)13(18)16-12(17)8-15-14/h2-3,6,15H,4-5,7-8H2,1H3,(H,16,17,18)/t14-/m0/s1. The average molecular weight is 260 g/mol. The number of fused-ring (bicyclic) bond motifs is 1. The van der Waals surface area contributed by atoms with Crippen molar-refractivity contribution in [2.75, 3.05) is 13.7 Å². The number of ether oxygens (including phenoxy) is 1. The molecule has 0 unspecified atom stereocenters. The van der Waals surface area contributed by atoms with Crippen molar-refractivity contribution in [2.45, 2.75) is 24.8 Å². The number of benzene rings is 1. The number of rotatable bonds is 1. The summed E-state index contributed by atoms with van der Waals surface area (Å²) in [6.45, 7) is 0.199. The predicted molar refractivity (Wildman–Crippen MR) is 68.9 cm³/mol. The number of imide groups is 1. The van der Waals surface area contributed by atoms with Crippen LogP contribution in [-0.4, -0.2) is 31.0 Å². The number of carbonyl (C=O) groups is 2. The molecule has 19 heavy (non-hydrogen) atoms. The van der Waals surface area contributed by atoms with Crippen LogP contribution in [-0.2, 0) is 22.4 Å². The minimum Gasteiger partial charge on any atom is -0.497 e. The third-order valence-electron chi connectivity index (χ3n) is 4.00. The molecule has 1 aliphatic carbocycles. The molecule has 0 bridgehead atoms. The molecule has 1 atom stereocenters. The van der Waals surface area contributed by atoms with Gasteiger partial charge in [0, 0.05) is 6.42 Å². The Morgan fingerprint density at radius 1 is 1.26 bits per heavy atom. The Bertz CT molecular complexity index is 556. The van der Waals surface area contributed by atoms with Crippen molar-refractivity contribution in [3.05, 3.63) is 29.3 Å². The lowest BCUT2D eigenvalue weighted by atomic mass is 9.76. The van der Waals surface area contributed by atoms with Gasteiger partial charge in [-0.15, -0.1) is 0 Å². The van der Waals surface area contributed by atoms with Crippen molar-refractivity contribution < 1.29 is 14.3 Å². The van der Waals surface area contributed by atoms with E-state index in [1.807, 2.05) is 18.2 Å². The van der Waals surface area contributed by atoms with Crippen LogP contribution in [0.1, 0.15) is 17.5 Å². The summed E-state index contributed by atoms with van der Waals surface area (Å²) in [4.78, 5) is 23.4. The highest BCUT2D eigenvalue weighted by atomic mass is 16.5. The molecule has 100 valence electrons. The van der Waals surface area contributed by atoms with E-state index in [9.17, 15) is 9.59 Å². The molecule has 5 nitrogen and oxygen atoms in total. The van der Waals surface area contributed by atoms with Gasteiger partial charge in [-0.2, -0.15) is 0 Å². The van der Waals surface area contributed by atoms with Gasteiger partial charge in [0.25, 0.3) is 0 Å². The first kappa shape index (κ1) is 12.2. The number of aryl methyl sites for hydroxylation is 1. The molecule has 2 N–H and O–H groups in total. The molecular weight excluding hydrogens is 244 g/mol. The van der Waals surface area contributed by atoms with Gasteiger partial charge in [0.15, 0.2) is 0 Å². The van der Waals surface area contributed by atoms with E-state index in [0.29, 0.717) is 12.8 Å². The molecule has 2 amide bonds. The zero-order valence-electron chi connectivity index (χ0n) is 10.8. The van der Waals surface area contributed by atoms with Gasteiger partial charge >= 0.3 is 0 Å². The summed E-state index contributed by atoms with van der Waals surface area (Å²) in [6.07, 6.45) is 2.14. The number of piperazine rings is 1. The zero-order chi connectivity index (χ0) is 13.5. The Hall–Kier alpha value is -1.88. The van der Waals surface area contributed by atoms with Crippen LogP contribution in [0.3, 0.4) is 0 Å². The first-order valence-electron chi connectivity index (χ1n) is 6.38. The van der Waals surface area contributed by atoms with E-state index in [0.717, 1.165) is 17.7 Å². The maximum Gasteiger partial charge on any atom is 0.247 e. The van der Waals surface area contributed by atoms with Crippen LogP contribution in [0.2, 0.25) is 0 Å². The third kappa shape index (κ3) is 2.00. The second kappa shape index (κ2) is 4.35. The molecule has 1 spiro atoms. The van der Waals surface area contributed by atoms with Crippen molar-refractivity contribution in [3.63, 3.8) is 0 Å². The van der Waals surface area contributed by atoms with Crippen LogP contribution in [0.5, 0.6) is 5.75 Å². The average Bonchev–Trinajstić information content (AvgIpc) is 2.43. The van der Waals surface area contributed by atoms with Gasteiger partial charge in [-0.25, -0.2) is 0 Å². The van der Waals surface area contributed by atoms with Gasteiger partial charge in [0.1, 0.15) is 11.3 Å². The fourth-order valence-electron chi connectivity index (χ4n) is 2.86. The summed E-state index contributed by atoms with van der Waals surface area (Å²) in [5.41, 5.74) is 1.72. The van der Waals surface area contributed by atoms with E-state index in [-0.39, 0.29) is 18.4 Å². The second-order valence-electron chi connectivity index (χ2n) is 5.12. The first-order valence-corrected chi connectivity index (χ1v) is 6.38. The quantitative estimate of drug-likeness (QED) is 0.706. The normalized spacial score (nSPS) is 25.9. The van der Waals surface area contributed by atoms with Gasteiger partial charge in [-0.05, 0) is 36.1 Å². The molecule has 5 heteroatoms. The fourth-order valence-corrected chi connectivity index (χ4v) is 2.86. The summed E-state index contributed by atoms with van der Waals surface area (Å²) >= 11 is 0. The van der Waals surface area contributed by atoms with Gasteiger partial charge in [-0.1, -0.05) is 6.07 Å². The number of hydrogen-bond acceptors (Lipinski definition) is 4. The monoisotopic (exact) mass is 260 g/mol. The highest BCUT2D eigenvalue weighted by Gasteiger charge is 2.44. The summed E-state index contributed by atoms with van der Waals surface area (Å²) in [5, 5.41) is 5.54. The maximum absolute atomic E-state index is 12.1. The molecule has 3 rings (SSSR count). The second-order valence-corrected chi connectivity index (χ2v) is 5.12. The summed E-state index contributed by atoms with van der Waals surface area (Å²) in [5.74, 6) is 0.326. The Morgan fingerprint density at radius 3 is 2.84 bits per heavy atom. The molecule has 0 radical (unpaired) electrons. The summed E-state index contributed by atoms with van der Waals surface area (Å²) < 4.78 is 5.22. The number of carbonyl (C=O) groups excluding carboxylic acids is 2. The van der Waals surface area contributed by atoms with Crippen LogP contribution in [0.4, 0.5) is 0 Å². The van der Waals surface area contributed by atoms with E-state index in [4.69, 9.17) is 4.74 Å². The molecule has 1 saturated heterocycles. The van der Waals surface area contributed by atoms with Gasteiger partial charge in [0.05, 0.1) is 13.7 Å². The highest BCUT2D eigenvalue weighted by molar-refractivity contribution is 6.03. The molecule has 1 fully saturated rings. The van der Waals surface area contributed by atoms with E-state index < -0.39 is 5.54 Å². The molecule has 1 aromatic rings. The fraction of sp³-hybridized carbons (Fsp3) is 0.429. The molecular formula is C14H16N2O3. The Labute approximate surface area is 111 Å². The van der Waals surface area contributed by atoms with Crippen molar-refractivity contribution >= 4 is 11.8 Å². The minimum atomic E-state index is -0.646. The molecule has 0 saturated carbocycles. The van der Waals surface area contributed by atoms with Crippen LogP contribution >= 0.6 is 0 Å². The van der Waals surface area contributed by atoms with Gasteiger partial charge in [0.2, 0.25) is 11.8 Å². The van der Waals surface area contributed by atoms with Crippen LogP contribution < -0.4 is 15.4 Å². The van der Waals surface area contributed by atoms with Crippen molar-refractivity contribution in [1.29, 1.82) is 0 Å². The van der Waals surface area contributed by atoms with E-state index in [1.165, 1.54) is 5.56 Å². The molecule has 0 aromatic heterocycles. The van der Waals surface area contributed by atoms with E-state index >= 15 is 0 Å². The van der Waals surface area contributed by atoms with Crippen molar-refractivity contribution in [3.8, 4) is 5.75 Å². The largest absolute Gasteiger partial charge is 0.497 e. The van der Waals surface area contributed by atoms with E-state index in [1.54, 1.807) is 7.11 Å². The smallest absolute Gasteiger partial charge is 0.247 e. The maximum atomic E-state index is 12.1. The van der Waals surface area contributed by atoms with Crippen molar-refractivity contribution in [1.82, 2.24) is 10.6 Å². The third-order valence-corrected chi connectivity index (χ3v) is 4.00. The van der Waals surface area contributed by atoms with E-state index in [2.05, 4.69) is 10.6 Å². The number of methoxy groups -OCH3 is 1. The molecule has 2 aliphatic rings. The number of amides is 2. The SMILES string of the molecule is COc1ccc2c(c1)C[C@]1(CC2)NCC(=O)NC1=O. The Balaban J connectivity index is 1.92. The van der Waals surface area contributed by atoms with Gasteiger partial charge in [-0.3, -0.25) is 20.2 Å². The Morgan fingerprint density at radius 2 is 2.11 bits per heavy atom. The Kier molecular flexibility index (Phi) is 2.78. The molecule has 1 aromatic carbocycles. The lowest BCUT2D eigenvalue weighted by Crippen LogP contribution is -2.67. The van der Waals surface area contributed by atoms with Crippen LogP contribution in [0, 0.1) is 0 Å². The molecule has 1 aliphatic heterocycles. The number of hydrogen-bond donors (Lipinski definition) is 2. The summed E-state index contributed by atoms with van der Waals surface area (Å²) in [7, 11) is 1.63. The summed E-state index contributed by atoms with van der Waals surface area (Å²) in [6, 6.07) is 5.96. The van der Waals surface area contributed by atoms with Crippen LogP contribution in [0.15, 0.2) is 18.2 Å². The van der Waals surface area contributed by atoms with Crippen molar-refractivity contribution in [2.24, 2.45) is 0 Å². The minimum absolute atomic E-state index is 0.199.